The fourth-order valence-corrected chi connectivity index (χ4v) is 4.25. The van der Waals surface area contributed by atoms with Crippen molar-refractivity contribution >= 4 is 56.7 Å². The molecule has 0 atom stereocenters. The number of thioether (sulfide) groups is 1. The van der Waals surface area contributed by atoms with Crippen LogP contribution < -0.4 is 9.64 Å². The maximum Gasteiger partial charge on any atom is 0.270 e. The van der Waals surface area contributed by atoms with E-state index >= 15 is 0 Å². The number of benzene rings is 3. The molecule has 26 heavy (non-hydrogen) atoms. The number of amides is 1. The SMILES string of the molecule is COc1cccc(/C=C2\SC(=S)N(c3cccc4ccccc34)C2=O)c1. The second-order valence-electron chi connectivity index (χ2n) is 5.79. The van der Waals surface area contributed by atoms with Crippen molar-refractivity contribution in [2.45, 2.75) is 0 Å². The van der Waals surface area contributed by atoms with Crippen LogP contribution in [0.1, 0.15) is 5.56 Å². The Hall–Kier alpha value is -2.63. The minimum atomic E-state index is -0.0980. The summed E-state index contributed by atoms with van der Waals surface area (Å²) >= 11 is 6.83. The number of methoxy groups -OCH3 is 1. The molecule has 1 amide bonds. The van der Waals surface area contributed by atoms with Gasteiger partial charge in [-0.05, 0) is 35.2 Å². The Morgan fingerprint density at radius 3 is 2.65 bits per heavy atom. The van der Waals surface area contributed by atoms with Crippen LogP contribution in [0.25, 0.3) is 16.8 Å². The van der Waals surface area contributed by atoms with E-state index in [-0.39, 0.29) is 5.91 Å². The van der Waals surface area contributed by atoms with Gasteiger partial charge in [0.25, 0.3) is 5.91 Å². The van der Waals surface area contributed by atoms with Gasteiger partial charge in [0, 0.05) is 5.39 Å². The zero-order valence-electron chi connectivity index (χ0n) is 14.0. The van der Waals surface area contributed by atoms with E-state index in [0.717, 1.165) is 27.8 Å². The van der Waals surface area contributed by atoms with Crippen molar-refractivity contribution in [2.24, 2.45) is 0 Å². The lowest BCUT2D eigenvalue weighted by Crippen LogP contribution is -2.27. The van der Waals surface area contributed by atoms with Gasteiger partial charge in [-0.1, -0.05) is 72.5 Å². The molecule has 1 heterocycles. The molecule has 1 aliphatic rings. The quantitative estimate of drug-likeness (QED) is 0.460. The van der Waals surface area contributed by atoms with Crippen LogP contribution in [0.15, 0.2) is 71.6 Å². The molecule has 3 aromatic rings. The van der Waals surface area contributed by atoms with Gasteiger partial charge in [-0.2, -0.15) is 0 Å². The van der Waals surface area contributed by atoms with Gasteiger partial charge in [-0.15, -0.1) is 0 Å². The molecule has 128 valence electrons. The highest BCUT2D eigenvalue weighted by Crippen LogP contribution is 2.39. The second kappa shape index (κ2) is 6.94. The summed E-state index contributed by atoms with van der Waals surface area (Å²) in [5.74, 6) is 0.655. The van der Waals surface area contributed by atoms with E-state index < -0.39 is 0 Å². The largest absolute Gasteiger partial charge is 0.497 e. The minimum absolute atomic E-state index is 0.0980. The monoisotopic (exact) mass is 377 g/mol. The van der Waals surface area contributed by atoms with Crippen LogP contribution in [-0.4, -0.2) is 17.3 Å². The maximum absolute atomic E-state index is 13.0. The van der Waals surface area contributed by atoms with Gasteiger partial charge < -0.3 is 4.74 Å². The first-order valence-corrected chi connectivity index (χ1v) is 9.29. The Bertz CT molecular complexity index is 1050. The third-order valence-electron chi connectivity index (χ3n) is 4.19. The topological polar surface area (TPSA) is 29.5 Å². The number of hydrogen-bond donors (Lipinski definition) is 0. The van der Waals surface area contributed by atoms with Gasteiger partial charge in [0.15, 0.2) is 4.32 Å². The summed E-state index contributed by atoms with van der Waals surface area (Å²) in [5, 5.41) is 2.09. The third-order valence-corrected chi connectivity index (χ3v) is 5.49. The van der Waals surface area contributed by atoms with Crippen LogP contribution in [-0.2, 0) is 4.79 Å². The number of hydrogen-bond acceptors (Lipinski definition) is 4. The molecule has 0 N–H and O–H groups in total. The van der Waals surface area contributed by atoms with Crippen molar-refractivity contribution in [3.63, 3.8) is 0 Å². The molecule has 3 aromatic carbocycles. The van der Waals surface area contributed by atoms with Gasteiger partial charge in [0.2, 0.25) is 0 Å². The Labute approximate surface area is 161 Å². The van der Waals surface area contributed by atoms with Crippen molar-refractivity contribution in [1.29, 1.82) is 0 Å². The van der Waals surface area contributed by atoms with Crippen molar-refractivity contribution in [3.05, 3.63) is 77.2 Å². The first kappa shape index (κ1) is 16.8. The molecule has 0 saturated carbocycles. The lowest BCUT2D eigenvalue weighted by molar-refractivity contribution is -0.113. The molecule has 0 aromatic heterocycles. The highest BCUT2D eigenvalue weighted by Gasteiger charge is 2.34. The van der Waals surface area contributed by atoms with E-state index in [0.29, 0.717) is 9.23 Å². The molecular formula is C21H15NO2S2. The van der Waals surface area contributed by atoms with E-state index in [4.69, 9.17) is 17.0 Å². The average Bonchev–Trinajstić information content (AvgIpc) is 2.94. The van der Waals surface area contributed by atoms with E-state index in [1.807, 2.05) is 72.8 Å². The molecule has 1 aliphatic heterocycles. The Morgan fingerprint density at radius 1 is 1.04 bits per heavy atom. The number of thiocarbonyl (C=S) groups is 1. The number of rotatable bonds is 3. The number of ether oxygens (including phenoxy) is 1. The predicted molar refractivity (Wildman–Crippen MR) is 113 cm³/mol. The van der Waals surface area contributed by atoms with Crippen molar-refractivity contribution < 1.29 is 9.53 Å². The van der Waals surface area contributed by atoms with Gasteiger partial charge in [0.05, 0.1) is 17.7 Å². The summed E-state index contributed by atoms with van der Waals surface area (Å²) in [6, 6.07) is 21.5. The predicted octanol–water partition coefficient (Wildman–Crippen LogP) is 5.25. The van der Waals surface area contributed by atoms with E-state index in [1.54, 1.807) is 12.0 Å². The van der Waals surface area contributed by atoms with Gasteiger partial charge in [-0.3, -0.25) is 9.69 Å². The highest BCUT2D eigenvalue weighted by atomic mass is 32.2. The van der Waals surface area contributed by atoms with Crippen LogP contribution in [0.4, 0.5) is 5.69 Å². The first-order valence-electron chi connectivity index (χ1n) is 8.07. The van der Waals surface area contributed by atoms with E-state index in [1.165, 1.54) is 11.8 Å². The van der Waals surface area contributed by atoms with Crippen LogP contribution >= 0.6 is 24.0 Å². The number of carbonyl (C=O) groups is 1. The van der Waals surface area contributed by atoms with Crippen molar-refractivity contribution in [1.82, 2.24) is 0 Å². The van der Waals surface area contributed by atoms with Gasteiger partial charge in [-0.25, -0.2) is 0 Å². The molecule has 1 fully saturated rings. The number of anilines is 1. The molecule has 0 unspecified atom stereocenters. The summed E-state index contributed by atoms with van der Waals surface area (Å²) in [4.78, 5) is 15.3. The third kappa shape index (κ3) is 3.00. The smallest absolute Gasteiger partial charge is 0.270 e. The zero-order valence-corrected chi connectivity index (χ0v) is 15.6. The Balaban J connectivity index is 1.74. The first-order chi connectivity index (χ1) is 12.7. The van der Waals surface area contributed by atoms with Crippen LogP contribution in [0, 0.1) is 0 Å². The van der Waals surface area contributed by atoms with E-state index in [9.17, 15) is 4.79 Å². The molecule has 0 spiro atoms. The summed E-state index contributed by atoms with van der Waals surface area (Å²) < 4.78 is 5.79. The fourth-order valence-electron chi connectivity index (χ4n) is 2.96. The fraction of sp³-hybridized carbons (Fsp3) is 0.0476. The molecule has 3 nitrogen and oxygen atoms in total. The Kier molecular flexibility index (Phi) is 4.49. The standard InChI is InChI=1S/C21H15NO2S2/c1-24-16-9-4-6-14(12-16)13-19-20(23)22(21(25)26-19)18-11-5-8-15-7-2-3-10-17(15)18/h2-13H,1H3/b19-13-. The molecule has 0 radical (unpaired) electrons. The lowest BCUT2D eigenvalue weighted by atomic mass is 10.1. The average molecular weight is 377 g/mol. The minimum Gasteiger partial charge on any atom is -0.497 e. The molecule has 4 rings (SSSR count). The Morgan fingerprint density at radius 2 is 1.81 bits per heavy atom. The zero-order chi connectivity index (χ0) is 18.1. The molecule has 0 bridgehead atoms. The van der Waals surface area contributed by atoms with Crippen LogP contribution in [0.5, 0.6) is 5.75 Å². The number of nitrogens with zero attached hydrogens (tertiary/aromatic N) is 1. The maximum atomic E-state index is 13.0. The van der Waals surface area contributed by atoms with Crippen LogP contribution in [0.3, 0.4) is 0 Å². The van der Waals surface area contributed by atoms with E-state index in [2.05, 4.69) is 0 Å². The van der Waals surface area contributed by atoms with Crippen LogP contribution in [0.2, 0.25) is 0 Å². The molecule has 5 heteroatoms. The van der Waals surface area contributed by atoms with Crippen molar-refractivity contribution in [3.8, 4) is 5.75 Å². The number of fused-ring (bicyclic) bond motifs is 1. The summed E-state index contributed by atoms with van der Waals surface area (Å²) in [6.45, 7) is 0. The van der Waals surface area contributed by atoms with Gasteiger partial charge in [0.1, 0.15) is 5.75 Å². The summed E-state index contributed by atoms with van der Waals surface area (Å²) in [6.07, 6.45) is 1.85. The number of carbonyl (C=O) groups excluding carboxylic acids is 1. The summed E-state index contributed by atoms with van der Waals surface area (Å²) in [5.41, 5.74) is 1.72. The summed E-state index contributed by atoms with van der Waals surface area (Å²) in [7, 11) is 1.62. The second-order valence-corrected chi connectivity index (χ2v) is 7.47. The normalized spacial score (nSPS) is 15.9. The highest BCUT2D eigenvalue weighted by molar-refractivity contribution is 8.27. The molecule has 1 saturated heterocycles. The molecule has 0 aliphatic carbocycles. The lowest BCUT2D eigenvalue weighted by Gasteiger charge is -2.17. The van der Waals surface area contributed by atoms with Gasteiger partial charge >= 0.3 is 0 Å². The van der Waals surface area contributed by atoms with Crippen molar-refractivity contribution in [2.75, 3.05) is 12.0 Å². The molecular weight excluding hydrogens is 362 g/mol.